The summed E-state index contributed by atoms with van der Waals surface area (Å²) in [6.45, 7) is 5.02. The van der Waals surface area contributed by atoms with E-state index in [4.69, 9.17) is 4.74 Å². The molecule has 29 heavy (non-hydrogen) atoms. The highest BCUT2D eigenvalue weighted by molar-refractivity contribution is 8.93. The first kappa shape index (κ1) is 23.1. The summed E-state index contributed by atoms with van der Waals surface area (Å²) in [6, 6.07) is 23.4. The Bertz CT molecular complexity index is 911. The Morgan fingerprint density at radius 1 is 0.931 bits per heavy atom. The zero-order valence-corrected chi connectivity index (χ0v) is 18.9. The van der Waals surface area contributed by atoms with Gasteiger partial charge >= 0.3 is 5.97 Å². The molecule has 3 aromatic rings. The highest BCUT2D eigenvalue weighted by atomic mass is 79.9. The molecule has 0 aromatic heterocycles. The highest BCUT2D eigenvalue weighted by Gasteiger charge is 2.05. The Kier molecular flexibility index (Phi) is 9.36. The van der Waals surface area contributed by atoms with Crippen molar-refractivity contribution in [2.24, 2.45) is 0 Å². The minimum atomic E-state index is -0.205. The maximum atomic E-state index is 11.4. The summed E-state index contributed by atoms with van der Waals surface area (Å²) in [6.07, 6.45) is 3.63. The number of benzene rings is 3. The molecule has 3 nitrogen and oxygen atoms in total. The normalized spacial score (nSPS) is 11.7. The smallest absolute Gasteiger partial charge is 0.310 e. The van der Waals surface area contributed by atoms with Gasteiger partial charge in [-0.1, -0.05) is 61.5 Å². The second kappa shape index (κ2) is 11.7. The van der Waals surface area contributed by atoms with Crippen molar-refractivity contribution in [3.63, 3.8) is 0 Å². The third-order valence-corrected chi connectivity index (χ3v) is 5.01. The fourth-order valence-corrected chi connectivity index (χ4v) is 3.29. The molecule has 0 fully saturated rings. The Morgan fingerprint density at radius 2 is 1.66 bits per heavy atom. The Hall–Kier alpha value is -2.17. The average molecular weight is 456 g/mol. The minimum absolute atomic E-state index is 0. The lowest BCUT2D eigenvalue weighted by molar-refractivity contribution is -0.134. The van der Waals surface area contributed by atoms with Crippen LogP contribution in [0.3, 0.4) is 0 Å². The average Bonchev–Trinajstić information content (AvgIpc) is 2.73. The van der Waals surface area contributed by atoms with Crippen molar-refractivity contribution < 1.29 is 9.53 Å². The molecule has 0 heterocycles. The number of aryl methyl sites for hydroxylation is 1. The van der Waals surface area contributed by atoms with Crippen molar-refractivity contribution in [1.29, 1.82) is 0 Å². The predicted octanol–water partition coefficient (Wildman–Crippen LogP) is 5.89. The maximum absolute atomic E-state index is 11.4. The van der Waals surface area contributed by atoms with E-state index in [1.165, 1.54) is 16.5 Å². The van der Waals surface area contributed by atoms with E-state index < -0.39 is 0 Å². The molecule has 0 aliphatic heterocycles. The standard InChI is InChI=1S/C25H29NO2.BrH/c1-3-25(27)28-24-14-13-22-17-21(11-12-23(22)18-24)15-16-26-19(2)9-10-20-7-5-4-6-8-20;/h4-8,11-14,17-19,26H,3,9-10,15-16H2,1-2H3;1H. The number of hydrogen-bond donors (Lipinski definition) is 1. The van der Waals surface area contributed by atoms with E-state index >= 15 is 0 Å². The van der Waals surface area contributed by atoms with E-state index in [0.29, 0.717) is 18.2 Å². The first-order chi connectivity index (χ1) is 13.6. The van der Waals surface area contributed by atoms with E-state index in [1.54, 1.807) is 6.92 Å². The van der Waals surface area contributed by atoms with Crippen LogP contribution in [-0.2, 0) is 17.6 Å². The van der Waals surface area contributed by atoms with E-state index in [9.17, 15) is 4.79 Å². The summed E-state index contributed by atoms with van der Waals surface area (Å²) in [5, 5.41) is 5.89. The van der Waals surface area contributed by atoms with Gasteiger partial charge in [-0.3, -0.25) is 4.79 Å². The quantitative estimate of drug-likeness (QED) is 0.323. The number of ether oxygens (including phenoxy) is 1. The summed E-state index contributed by atoms with van der Waals surface area (Å²) < 4.78 is 5.30. The van der Waals surface area contributed by atoms with Gasteiger partial charge in [0, 0.05) is 12.5 Å². The lowest BCUT2D eigenvalue weighted by Crippen LogP contribution is -2.28. The molecule has 154 valence electrons. The van der Waals surface area contributed by atoms with Gasteiger partial charge in [-0.25, -0.2) is 0 Å². The van der Waals surface area contributed by atoms with E-state index in [1.807, 2.05) is 18.2 Å². The molecule has 1 atom stereocenters. The van der Waals surface area contributed by atoms with Gasteiger partial charge in [-0.15, -0.1) is 17.0 Å². The Balaban J connectivity index is 0.00000300. The van der Waals surface area contributed by atoms with Crippen molar-refractivity contribution >= 4 is 33.7 Å². The van der Waals surface area contributed by atoms with Gasteiger partial charge in [0.15, 0.2) is 0 Å². The van der Waals surface area contributed by atoms with E-state index in [2.05, 4.69) is 60.8 Å². The fraction of sp³-hybridized carbons (Fsp3) is 0.320. The molecule has 0 saturated carbocycles. The van der Waals surface area contributed by atoms with Crippen LogP contribution in [0.1, 0.15) is 37.8 Å². The van der Waals surface area contributed by atoms with Crippen molar-refractivity contribution in [1.82, 2.24) is 5.32 Å². The molecule has 1 N–H and O–H groups in total. The number of carbonyl (C=O) groups is 1. The number of carbonyl (C=O) groups excluding carboxylic acids is 1. The van der Waals surface area contributed by atoms with Crippen LogP contribution in [0.2, 0.25) is 0 Å². The molecule has 0 aliphatic rings. The molecule has 3 rings (SSSR count). The van der Waals surface area contributed by atoms with Gasteiger partial charge < -0.3 is 10.1 Å². The summed E-state index contributed by atoms with van der Waals surface area (Å²) >= 11 is 0. The van der Waals surface area contributed by atoms with Crippen LogP contribution in [0.15, 0.2) is 66.7 Å². The highest BCUT2D eigenvalue weighted by Crippen LogP contribution is 2.22. The molecule has 0 aliphatic carbocycles. The van der Waals surface area contributed by atoms with Gasteiger partial charge in [-0.2, -0.15) is 0 Å². The molecule has 0 bridgehead atoms. The number of hydrogen-bond acceptors (Lipinski definition) is 3. The van der Waals surface area contributed by atoms with Crippen LogP contribution in [0.25, 0.3) is 10.8 Å². The van der Waals surface area contributed by atoms with Crippen molar-refractivity contribution in [3.8, 4) is 5.75 Å². The summed E-state index contributed by atoms with van der Waals surface area (Å²) in [5.41, 5.74) is 2.71. The molecular weight excluding hydrogens is 426 g/mol. The Labute approximate surface area is 184 Å². The summed E-state index contributed by atoms with van der Waals surface area (Å²) in [7, 11) is 0. The first-order valence-electron chi connectivity index (χ1n) is 10.1. The Morgan fingerprint density at radius 3 is 2.41 bits per heavy atom. The molecular formula is C25H30BrNO2. The predicted molar refractivity (Wildman–Crippen MR) is 126 cm³/mol. The second-order valence-electron chi connectivity index (χ2n) is 7.30. The third kappa shape index (κ3) is 7.30. The van der Waals surface area contributed by atoms with Gasteiger partial charge in [-0.05, 0) is 66.8 Å². The topological polar surface area (TPSA) is 38.3 Å². The van der Waals surface area contributed by atoms with Gasteiger partial charge in [0.05, 0.1) is 0 Å². The van der Waals surface area contributed by atoms with E-state index in [0.717, 1.165) is 31.2 Å². The third-order valence-electron chi connectivity index (χ3n) is 5.01. The lowest BCUT2D eigenvalue weighted by atomic mass is 10.0. The van der Waals surface area contributed by atoms with Crippen molar-refractivity contribution in [3.05, 3.63) is 77.9 Å². The molecule has 0 radical (unpaired) electrons. The SMILES string of the molecule is Br.CCC(=O)Oc1ccc2cc(CCNC(C)CCc3ccccc3)ccc2c1. The monoisotopic (exact) mass is 455 g/mol. The van der Waals surface area contributed by atoms with Crippen LogP contribution in [-0.4, -0.2) is 18.6 Å². The van der Waals surface area contributed by atoms with Gasteiger partial charge in [0.2, 0.25) is 0 Å². The second-order valence-corrected chi connectivity index (χ2v) is 7.30. The van der Waals surface area contributed by atoms with Crippen molar-refractivity contribution in [2.45, 2.75) is 45.6 Å². The molecule has 0 spiro atoms. The fourth-order valence-electron chi connectivity index (χ4n) is 3.29. The first-order valence-corrected chi connectivity index (χ1v) is 10.1. The van der Waals surface area contributed by atoms with E-state index in [-0.39, 0.29) is 23.0 Å². The van der Waals surface area contributed by atoms with Crippen molar-refractivity contribution in [2.75, 3.05) is 6.54 Å². The zero-order chi connectivity index (χ0) is 19.8. The van der Waals surface area contributed by atoms with Crippen LogP contribution in [0, 0.1) is 0 Å². The maximum Gasteiger partial charge on any atom is 0.310 e. The van der Waals surface area contributed by atoms with Crippen LogP contribution in [0.4, 0.5) is 0 Å². The number of esters is 1. The molecule has 0 saturated heterocycles. The summed E-state index contributed by atoms with van der Waals surface area (Å²) in [5.74, 6) is 0.407. The zero-order valence-electron chi connectivity index (χ0n) is 17.2. The number of fused-ring (bicyclic) bond motifs is 1. The molecule has 1 unspecified atom stereocenters. The molecule has 0 amide bonds. The largest absolute Gasteiger partial charge is 0.427 e. The lowest BCUT2D eigenvalue weighted by Gasteiger charge is -2.14. The molecule has 3 aromatic carbocycles. The van der Waals surface area contributed by atoms with Crippen LogP contribution < -0.4 is 10.1 Å². The van der Waals surface area contributed by atoms with Gasteiger partial charge in [0.25, 0.3) is 0 Å². The number of halogens is 1. The van der Waals surface area contributed by atoms with Crippen LogP contribution in [0.5, 0.6) is 5.75 Å². The minimum Gasteiger partial charge on any atom is -0.427 e. The number of nitrogens with one attached hydrogen (secondary N) is 1. The van der Waals surface area contributed by atoms with Crippen LogP contribution >= 0.6 is 17.0 Å². The summed E-state index contributed by atoms with van der Waals surface area (Å²) in [4.78, 5) is 11.4. The number of rotatable bonds is 9. The van der Waals surface area contributed by atoms with Gasteiger partial charge in [0.1, 0.15) is 5.75 Å². The molecule has 4 heteroatoms.